The number of hydrogen-bond acceptors (Lipinski definition) is 6. The monoisotopic (exact) mass is 407 g/mol. The fourth-order valence-corrected chi connectivity index (χ4v) is 3.63. The van der Waals surface area contributed by atoms with Crippen molar-refractivity contribution in [3.63, 3.8) is 0 Å². The molecule has 0 aliphatic carbocycles. The molecule has 0 atom stereocenters. The Morgan fingerprint density at radius 1 is 1.10 bits per heavy atom. The first-order chi connectivity index (χ1) is 14.4. The number of hydrogen-bond donors (Lipinski definition) is 0. The standard InChI is InChI=1S/C21H21N5O4/c1-15-2-7-19-18(12-15)21(28)25(14-22-19)13-20(27)24-10-8-23(9-11-24)16-3-5-17(6-4-16)26(29)30/h2-7,12,14H,8-11,13H2,1H3. The van der Waals surface area contributed by atoms with Crippen molar-refractivity contribution in [2.75, 3.05) is 31.1 Å². The lowest BCUT2D eigenvalue weighted by molar-refractivity contribution is -0.384. The Morgan fingerprint density at radius 2 is 1.80 bits per heavy atom. The first-order valence-electron chi connectivity index (χ1n) is 9.65. The normalized spacial score (nSPS) is 14.2. The van der Waals surface area contributed by atoms with Gasteiger partial charge in [0.05, 0.1) is 22.2 Å². The number of nitro benzene ring substituents is 1. The van der Waals surface area contributed by atoms with Crippen molar-refractivity contribution in [1.29, 1.82) is 0 Å². The van der Waals surface area contributed by atoms with E-state index in [0.29, 0.717) is 37.1 Å². The summed E-state index contributed by atoms with van der Waals surface area (Å²) < 4.78 is 1.35. The third kappa shape index (κ3) is 3.86. The van der Waals surface area contributed by atoms with Crippen molar-refractivity contribution in [3.8, 4) is 0 Å². The van der Waals surface area contributed by atoms with Crippen LogP contribution in [0.3, 0.4) is 0 Å². The number of nitrogens with zero attached hydrogens (tertiary/aromatic N) is 5. The van der Waals surface area contributed by atoms with Crippen LogP contribution in [0.1, 0.15) is 5.56 Å². The zero-order valence-electron chi connectivity index (χ0n) is 16.5. The highest BCUT2D eigenvalue weighted by Gasteiger charge is 2.22. The Hall–Kier alpha value is -3.75. The van der Waals surface area contributed by atoms with Gasteiger partial charge >= 0.3 is 0 Å². The van der Waals surface area contributed by atoms with Gasteiger partial charge in [-0.15, -0.1) is 0 Å². The number of nitro groups is 1. The van der Waals surface area contributed by atoms with E-state index in [0.717, 1.165) is 11.3 Å². The second-order valence-electron chi connectivity index (χ2n) is 7.34. The topological polar surface area (TPSA) is 102 Å². The van der Waals surface area contributed by atoms with Crippen LogP contribution in [0.5, 0.6) is 0 Å². The molecule has 1 fully saturated rings. The largest absolute Gasteiger partial charge is 0.368 e. The Kier molecular flexibility index (Phi) is 5.18. The Bertz CT molecular complexity index is 1160. The van der Waals surface area contributed by atoms with E-state index >= 15 is 0 Å². The highest BCUT2D eigenvalue weighted by atomic mass is 16.6. The lowest BCUT2D eigenvalue weighted by Crippen LogP contribution is -2.50. The molecular formula is C21H21N5O4. The maximum atomic E-state index is 12.7. The van der Waals surface area contributed by atoms with E-state index in [-0.39, 0.29) is 23.7 Å². The molecule has 2 aromatic carbocycles. The Morgan fingerprint density at radius 3 is 2.47 bits per heavy atom. The number of benzene rings is 2. The molecule has 1 aliphatic rings. The summed E-state index contributed by atoms with van der Waals surface area (Å²) in [5.41, 5.74) is 2.30. The van der Waals surface area contributed by atoms with Crippen molar-refractivity contribution >= 4 is 28.2 Å². The molecule has 1 aromatic heterocycles. The van der Waals surface area contributed by atoms with E-state index < -0.39 is 4.92 Å². The summed E-state index contributed by atoms with van der Waals surface area (Å²) in [6.45, 7) is 4.13. The van der Waals surface area contributed by atoms with Gasteiger partial charge in [0.15, 0.2) is 0 Å². The molecule has 30 heavy (non-hydrogen) atoms. The smallest absolute Gasteiger partial charge is 0.269 e. The van der Waals surface area contributed by atoms with Crippen molar-refractivity contribution in [3.05, 3.63) is 74.8 Å². The number of anilines is 1. The molecule has 1 aliphatic heterocycles. The van der Waals surface area contributed by atoms with Crippen LogP contribution in [-0.2, 0) is 11.3 Å². The molecule has 9 nitrogen and oxygen atoms in total. The predicted octanol–water partition coefficient (Wildman–Crippen LogP) is 1.96. The van der Waals surface area contributed by atoms with Crippen molar-refractivity contribution in [2.24, 2.45) is 0 Å². The highest BCUT2D eigenvalue weighted by Crippen LogP contribution is 2.20. The van der Waals surface area contributed by atoms with Crippen LogP contribution in [0.15, 0.2) is 53.6 Å². The van der Waals surface area contributed by atoms with Crippen LogP contribution in [0.2, 0.25) is 0 Å². The lowest BCUT2D eigenvalue weighted by atomic mass is 10.2. The molecule has 0 radical (unpaired) electrons. The fraction of sp³-hybridized carbons (Fsp3) is 0.286. The third-order valence-electron chi connectivity index (χ3n) is 5.34. The molecular weight excluding hydrogens is 386 g/mol. The first-order valence-corrected chi connectivity index (χ1v) is 9.65. The second-order valence-corrected chi connectivity index (χ2v) is 7.34. The fourth-order valence-electron chi connectivity index (χ4n) is 3.63. The molecule has 0 N–H and O–H groups in total. The van der Waals surface area contributed by atoms with Gasteiger partial charge in [-0.3, -0.25) is 24.3 Å². The minimum Gasteiger partial charge on any atom is -0.368 e. The van der Waals surface area contributed by atoms with Crippen LogP contribution in [0, 0.1) is 17.0 Å². The zero-order valence-corrected chi connectivity index (χ0v) is 16.5. The van der Waals surface area contributed by atoms with Gasteiger partial charge in [-0.05, 0) is 31.2 Å². The van der Waals surface area contributed by atoms with E-state index in [1.165, 1.54) is 23.0 Å². The van der Waals surface area contributed by atoms with Crippen LogP contribution in [0.4, 0.5) is 11.4 Å². The minimum absolute atomic E-state index is 0.0484. The number of rotatable bonds is 4. The van der Waals surface area contributed by atoms with E-state index in [1.54, 1.807) is 29.2 Å². The van der Waals surface area contributed by atoms with Gasteiger partial charge in [0.25, 0.3) is 11.2 Å². The van der Waals surface area contributed by atoms with Crippen LogP contribution in [0.25, 0.3) is 10.9 Å². The van der Waals surface area contributed by atoms with Crippen LogP contribution >= 0.6 is 0 Å². The van der Waals surface area contributed by atoms with E-state index in [2.05, 4.69) is 9.88 Å². The van der Waals surface area contributed by atoms with Crippen LogP contribution in [-0.4, -0.2) is 51.5 Å². The first kappa shape index (κ1) is 19.6. The summed E-state index contributed by atoms with van der Waals surface area (Å²) in [5.74, 6) is -0.130. The Balaban J connectivity index is 1.41. The average Bonchev–Trinajstić information content (AvgIpc) is 2.76. The number of fused-ring (bicyclic) bond motifs is 1. The average molecular weight is 407 g/mol. The van der Waals surface area contributed by atoms with Gasteiger partial charge in [0.2, 0.25) is 5.91 Å². The van der Waals surface area contributed by atoms with Gasteiger partial charge in [-0.25, -0.2) is 4.98 Å². The quantitative estimate of drug-likeness (QED) is 0.484. The molecule has 0 saturated carbocycles. The number of amides is 1. The SMILES string of the molecule is Cc1ccc2ncn(CC(=O)N3CCN(c4ccc([N+](=O)[O-])cc4)CC3)c(=O)c2c1. The number of carbonyl (C=O) groups excluding carboxylic acids is 1. The molecule has 1 amide bonds. The summed E-state index contributed by atoms with van der Waals surface area (Å²) in [6.07, 6.45) is 1.42. The molecule has 9 heteroatoms. The summed E-state index contributed by atoms with van der Waals surface area (Å²) in [6, 6.07) is 11.9. The number of aromatic nitrogens is 2. The van der Waals surface area contributed by atoms with Gasteiger partial charge in [-0.2, -0.15) is 0 Å². The maximum Gasteiger partial charge on any atom is 0.269 e. The van der Waals surface area contributed by atoms with Crippen molar-refractivity contribution < 1.29 is 9.72 Å². The summed E-state index contributed by atoms with van der Waals surface area (Å²) >= 11 is 0. The maximum absolute atomic E-state index is 12.7. The molecule has 154 valence electrons. The number of piperazine rings is 1. The molecule has 0 unspecified atom stereocenters. The number of carbonyl (C=O) groups is 1. The van der Waals surface area contributed by atoms with Gasteiger partial charge in [-0.1, -0.05) is 11.6 Å². The highest BCUT2D eigenvalue weighted by molar-refractivity contribution is 5.79. The summed E-state index contributed by atoms with van der Waals surface area (Å²) in [4.78, 5) is 43.9. The van der Waals surface area contributed by atoms with Gasteiger partial charge in [0, 0.05) is 44.0 Å². The lowest BCUT2D eigenvalue weighted by Gasteiger charge is -2.36. The molecule has 0 bridgehead atoms. The summed E-state index contributed by atoms with van der Waals surface area (Å²) in [5, 5.41) is 11.3. The molecule has 3 aromatic rings. The molecule has 4 rings (SSSR count). The third-order valence-corrected chi connectivity index (χ3v) is 5.34. The minimum atomic E-state index is -0.425. The van der Waals surface area contributed by atoms with Gasteiger partial charge < -0.3 is 9.80 Å². The Labute approximate surface area is 172 Å². The van der Waals surface area contributed by atoms with E-state index in [4.69, 9.17) is 0 Å². The molecule has 0 spiro atoms. The van der Waals surface area contributed by atoms with Gasteiger partial charge in [0.1, 0.15) is 6.54 Å². The summed E-state index contributed by atoms with van der Waals surface area (Å²) in [7, 11) is 0. The van der Waals surface area contributed by atoms with Crippen molar-refractivity contribution in [2.45, 2.75) is 13.5 Å². The number of aryl methyl sites for hydroxylation is 1. The molecule has 1 saturated heterocycles. The van der Waals surface area contributed by atoms with E-state index in [1.807, 2.05) is 13.0 Å². The van der Waals surface area contributed by atoms with Crippen molar-refractivity contribution in [1.82, 2.24) is 14.5 Å². The van der Waals surface area contributed by atoms with Crippen LogP contribution < -0.4 is 10.5 Å². The molecule has 2 heterocycles. The van der Waals surface area contributed by atoms with E-state index in [9.17, 15) is 19.7 Å². The zero-order chi connectivity index (χ0) is 21.3. The predicted molar refractivity (Wildman–Crippen MR) is 113 cm³/mol. The second kappa shape index (κ2) is 7.94. The number of non-ortho nitro benzene ring substituents is 1.